The molecule has 1 heterocycles. The molecule has 1 rings (SSSR count). The quantitative estimate of drug-likeness (QED) is 0.514. The van der Waals surface area contributed by atoms with Gasteiger partial charge in [0, 0.05) is 17.4 Å². The Morgan fingerprint density at radius 2 is 2.08 bits per heavy atom. The van der Waals surface area contributed by atoms with Gasteiger partial charge in [0.15, 0.2) is 0 Å². The Morgan fingerprint density at radius 1 is 1.42 bits per heavy atom. The van der Waals surface area contributed by atoms with Crippen LogP contribution in [-0.4, -0.2) is 21.9 Å². The minimum Gasteiger partial charge on any atom is -0.240 e. The van der Waals surface area contributed by atoms with Crippen molar-refractivity contribution in [2.45, 2.75) is 26.3 Å². The van der Waals surface area contributed by atoms with Crippen molar-refractivity contribution in [3.8, 4) is 0 Å². The van der Waals surface area contributed by atoms with Crippen molar-refractivity contribution in [1.29, 1.82) is 0 Å². The molecule has 3 radical (unpaired) electrons. The van der Waals surface area contributed by atoms with Crippen LogP contribution in [0.25, 0.3) is 0 Å². The van der Waals surface area contributed by atoms with E-state index in [0.717, 1.165) is 6.54 Å². The van der Waals surface area contributed by atoms with E-state index in [1.165, 1.54) is 12.8 Å². The van der Waals surface area contributed by atoms with Gasteiger partial charge in [0.25, 0.3) is 0 Å². The summed E-state index contributed by atoms with van der Waals surface area (Å²) in [5.41, 5.74) is 0. The first kappa shape index (κ1) is 14.6. The van der Waals surface area contributed by atoms with Crippen molar-refractivity contribution in [1.82, 2.24) is 4.57 Å². The van der Waals surface area contributed by atoms with E-state index in [1.54, 1.807) is 0 Å². The van der Waals surface area contributed by atoms with Crippen LogP contribution in [0.1, 0.15) is 19.8 Å². The Kier molecular flexibility index (Phi) is 9.30. The molecule has 0 unspecified atom stereocenters. The molecular formula is C8H16AlClN2+. The fourth-order valence-corrected chi connectivity index (χ4v) is 0.975. The number of nitrogens with zero attached hydrogens (tertiary/aromatic N) is 2. The number of hydrogen-bond donors (Lipinski definition) is 0. The zero-order chi connectivity index (χ0) is 7.40. The SMILES string of the molecule is CCCCn1cc[n+](C)c1.Cl.[Al]. The average molecular weight is 203 g/mol. The number of imidazole rings is 1. The summed E-state index contributed by atoms with van der Waals surface area (Å²) in [6.07, 6.45) is 8.82. The summed E-state index contributed by atoms with van der Waals surface area (Å²) in [6.45, 7) is 3.36. The molecule has 0 saturated heterocycles. The maximum absolute atomic E-state index is 2.21. The van der Waals surface area contributed by atoms with Gasteiger partial charge in [-0.1, -0.05) is 13.3 Å². The van der Waals surface area contributed by atoms with Gasteiger partial charge < -0.3 is 0 Å². The van der Waals surface area contributed by atoms with E-state index < -0.39 is 0 Å². The summed E-state index contributed by atoms with van der Waals surface area (Å²) >= 11 is 0. The lowest BCUT2D eigenvalue weighted by molar-refractivity contribution is -0.671. The highest BCUT2D eigenvalue weighted by atomic mass is 35.5. The summed E-state index contributed by atoms with van der Waals surface area (Å²) in [7, 11) is 2.04. The van der Waals surface area contributed by atoms with Crippen LogP contribution < -0.4 is 4.57 Å². The van der Waals surface area contributed by atoms with Crippen LogP contribution in [0.2, 0.25) is 0 Å². The molecule has 0 spiro atoms. The Balaban J connectivity index is 0. The molecule has 0 aliphatic rings. The predicted molar refractivity (Wildman–Crippen MR) is 53.5 cm³/mol. The number of aryl methyl sites for hydroxylation is 2. The Hall–Kier alpha value is 0.0325. The predicted octanol–water partition coefficient (Wildman–Crippen LogP) is 1.15. The van der Waals surface area contributed by atoms with Crippen LogP contribution >= 0.6 is 12.4 Å². The van der Waals surface area contributed by atoms with E-state index in [9.17, 15) is 0 Å². The monoisotopic (exact) mass is 202 g/mol. The molecule has 0 aromatic carbocycles. The molecule has 0 fully saturated rings. The van der Waals surface area contributed by atoms with Crippen LogP contribution in [0.3, 0.4) is 0 Å². The first-order valence-electron chi connectivity index (χ1n) is 3.84. The highest BCUT2D eigenvalue weighted by Gasteiger charge is 1.96. The van der Waals surface area contributed by atoms with E-state index in [4.69, 9.17) is 0 Å². The molecule has 0 aliphatic heterocycles. The molecule has 0 atom stereocenters. The zero-order valence-corrected chi connectivity index (χ0v) is 9.70. The Bertz CT molecular complexity index is 201. The second-order valence-corrected chi connectivity index (χ2v) is 2.67. The fourth-order valence-electron chi connectivity index (χ4n) is 0.975. The van der Waals surface area contributed by atoms with Crippen molar-refractivity contribution in [3.05, 3.63) is 18.7 Å². The minimum absolute atomic E-state index is 0. The maximum atomic E-state index is 2.21. The molecule has 67 valence electrons. The summed E-state index contributed by atoms with van der Waals surface area (Å²) in [5.74, 6) is 0. The second-order valence-electron chi connectivity index (χ2n) is 2.67. The lowest BCUT2D eigenvalue weighted by Gasteiger charge is -1.90. The largest absolute Gasteiger partial charge is 0.243 e. The molecular weight excluding hydrogens is 187 g/mol. The molecule has 1 aromatic rings. The molecule has 2 nitrogen and oxygen atoms in total. The first-order chi connectivity index (χ1) is 4.83. The summed E-state index contributed by atoms with van der Waals surface area (Å²) in [5, 5.41) is 0. The number of hydrogen-bond acceptors (Lipinski definition) is 0. The highest BCUT2D eigenvalue weighted by Crippen LogP contribution is 1.91. The van der Waals surface area contributed by atoms with Gasteiger partial charge in [0.2, 0.25) is 6.33 Å². The molecule has 4 heteroatoms. The van der Waals surface area contributed by atoms with Crippen LogP contribution in [0.15, 0.2) is 18.7 Å². The smallest absolute Gasteiger partial charge is 0.240 e. The topological polar surface area (TPSA) is 8.81 Å². The van der Waals surface area contributed by atoms with Crippen molar-refractivity contribution in [2.24, 2.45) is 7.05 Å². The van der Waals surface area contributed by atoms with E-state index >= 15 is 0 Å². The zero-order valence-electron chi connectivity index (χ0n) is 7.73. The molecule has 0 amide bonds. The average Bonchev–Trinajstić information content (AvgIpc) is 2.31. The van der Waals surface area contributed by atoms with E-state index in [2.05, 4.69) is 34.8 Å². The van der Waals surface area contributed by atoms with Crippen LogP contribution in [0.4, 0.5) is 0 Å². The lowest BCUT2D eigenvalue weighted by Crippen LogP contribution is -2.23. The van der Waals surface area contributed by atoms with Gasteiger partial charge in [0.1, 0.15) is 12.4 Å². The number of unbranched alkanes of at least 4 members (excludes halogenated alkanes) is 1. The van der Waals surface area contributed by atoms with Crippen molar-refractivity contribution < 1.29 is 4.57 Å². The van der Waals surface area contributed by atoms with Crippen molar-refractivity contribution in [2.75, 3.05) is 0 Å². The number of rotatable bonds is 3. The molecule has 0 saturated carbocycles. The third-order valence-corrected chi connectivity index (χ3v) is 1.59. The molecule has 0 bridgehead atoms. The third kappa shape index (κ3) is 4.82. The fraction of sp³-hybridized carbons (Fsp3) is 0.625. The summed E-state index contributed by atoms with van der Waals surface area (Å²) < 4.78 is 4.28. The molecule has 0 N–H and O–H groups in total. The first-order valence-corrected chi connectivity index (χ1v) is 3.84. The second kappa shape index (κ2) is 7.67. The van der Waals surface area contributed by atoms with Gasteiger partial charge in [-0.05, 0) is 6.42 Å². The Labute approximate surface area is 91.1 Å². The standard InChI is InChI=1S/C8H15N2.Al.ClH/c1-3-4-5-10-7-6-9(2)8-10;;/h6-8H,3-5H2,1-2H3;;1H/q+1;;. The minimum atomic E-state index is 0. The van der Waals surface area contributed by atoms with Gasteiger partial charge in [-0.2, -0.15) is 0 Å². The number of halogens is 1. The van der Waals surface area contributed by atoms with Crippen molar-refractivity contribution >= 4 is 29.8 Å². The summed E-state index contributed by atoms with van der Waals surface area (Å²) in [6, 6.07) is 0. The molecule has 12 heavy (non-hydrogen) atoms. The molecule has 1 aromatic heterocycles. The number of aromatic nitrogens is 2. The van der Waals surface area contributed by atoms with Crippen LogP contribution in [-0.2, 0) is 13.6 Å². The van der Waals surface area contributed by atoms with Crippen LogP contribution in [0, 0.1) is 0 Å². The van der Waals surface area contributed by atoms with Gasteiger partial charge >= 0.3 is 0 Å². The lowest BCUT2D eigenvalue weighted by atomic mass is 10.3. The van der Waals surface area contributed by atoms with Gasteiger partial charge in [-0.25, -0.2) is 9.13 Å². The van der Waals surface area contributed by atoms with Gasteiger partial charge in [0.05, 0.1) is 13.6 Å². The van der Waals surface area contributed by atoms with Gasteiger partial charge in [-0.3, -0.25) is 0 Å². The molecule has 0 aliphatic carbocycles. The van der Waals surface area contributed by atoms with E-state index in [0.29, 0.717) is 0 Å². The van der Waals surface area contributed by atoms with Crippen molar-refractivity contribution in [3.63, 3.8) is 0 Å². The van der Waals surface area contributed by atoms with Gasteiger partial charge in [-0.15, -0.1) is 12.4 Å². The Morgan fingerprint density at radius 3 is 2.50 bits per heavy atom. The van der Waals surface area contributed by atoms with E-state index in [1.807, 2.05) is 7.05 Å². The summed E-state index contributed by atoms with van der Waals surface area (Å²) in [4.78, 5) is 0. The van der Waals surface area contributed by atoms with E-state index in [-0.39, 0.29) is 29.8 Å². The normalized spacial score (nSPS) is 8.50. The third-order valence-electron chi connectivity index (χ3n) is 1.59. The van der Waals surface area contributed by atoms with Crippen LogP contribution in [0.5, 0.6) is 0 Å². The highest BCUT2D eigenvalue weighted by molar-refractivity contribution is 5.85. The maximum Gasteiger partial charge on any atom is 0.243 e.